The number of benzene rings is 2. The van der Waals surface area contributed by atoms with Crippen LogP contribution >= 0.6 is 0 Å². The van der Waals surface area contributed by atoms with Crippen molar-refractivity contribution in [3.63, 3.8) is 0 Å². The summed E-state index contributed by atoms with van der Waals surface area (Å²) in [4.78, 5) is 12.0. The highest BCUT2D eigenvalue weighted by molar-refractivity contribution is 5.80. The molecule has 4 nitrogen and oxygen atoms in total. The van der Waals surface area contributed by atoms with Crippen molar-refractivity contribution in [2.75, 3.05) is 0 Å². The molecular formula is C17H17F2NO3. The van der Waals surface area contributed by atoms with E-state index in [4.69, 9.17) is 4.74 Å². The van der Waals surface area contributed by atoms with Crippen molar-refractivity contribution in [3.05, 3.63) is 60.2 Å². The molecule has 1 atom stereocenters. The van der Waals surface area contributed by atoms with Crippen LogP contribution in [0.3, 0.4) is 0 Å². The average molecular weight is 321 g/mol. The van der Waals surface area contributed by atoms with Crippen molar-refractivity contribution in [3.8, 4) is 11.5 Å². The summed E-state index contributed by atoms with van der Waals surface area (Å²) in [7, 11) is 0. The molecule has 0 aliphatic rings. The van der Waals surface area contributed by atoms with Gasteiger partial charge in [0, 0.05) is 12.1 Å². The fraction of sp³-hybridized carbons (Fsp3) is 0.235. The van der Waals surface area contributed by atoms with Crippen LogP contribution in [0.25, 0.3) is 0 Å². The minimum Gasteiger partial charge on any atom is -0.481 e. The van der Waals surface area contributed by atoms with Crippen molar-refractivity contribution in [2.24, 2.45) is 0 Å². The number of amides is 1. The Bertz CT molecular complexity index is 635. The fourth-order valence-electron chi connectivity index (χ4n) is 1.94. The molecule has 0 heterocycles. The molecule has 0 fully saturated rings. The molecule has 0 bridgehead atoms. The summed E-state index contributed by atoms with van der Waals surface area (Å²) in [5, 5.41) is 2.64. The number of carbonyl (C=O) groups excluding carboxylic acids is 1. The van der Waals surface area contributed by atoms with E-state index in [-0.39, 0.29) is 18.2 Å². The van der Waals surface area contributed by atoms with Crippen LogP contribution in [-0.2, 0) is 11.3 Å². The average Bonchev–Trinajstić information content (AvgIpc) is 2.54. The molecule has 0 unspecified atom stereocenters. The van der Waals surface area contributed by atoms with Crippen LogP contribution in [0.1, 0.15) is 12.5 Å². The van der Waals surface area contributed by atoms with Crippen LogP contribution in [0.4, 0.5) is 8.78 Å². The summed E-state index contributed by atoms with van der Waals surface area (Å²) in [5.41, 5.74) is 0.466. The summed E-state index contributed by atoms with van der Waals surface area (Å²) >= 11 is 0. The van der Waals surface area contributed by atoms with Gasteiger partial charge in [-0.25, -0.2) is 0 Å². The van der Waals surface area contributed by atoms with Gasteiger partial charge in [-0.15, -0.1) is 0 Å². The number of hydrogen-bond donors (Lipinski definition) is 1. The molecule has 0 saturated carbocycles. The van der Waals surface area contributed by atoms with Gasteiger partial charge >= 0.3 is 6.61 Å². The highest BCUT2D eigenvalue weighted by Gasteiger charge is 2.15. The Balaban J connectivity index is 1.91. The lowest BCUT2D eigenvalue weighted by molar-refractivity contribution is -0.127. The van der Waals surface area contributed by atoms with E-state index in [1.807, 2.05) is 6.07 Å². The van der Waals surface area contributed by atoms with E-state index in [0.717, 1.165) is 0 Å². The molecule has 122 valence electrons. The van der Waals surface area contributed by atoms with Crippen molar-refractivity contribution >= 4 is 5.91 Å². The van der Waals surface area contributed by atoms with Gasteiger partial charge in [-0.3, -0.25) is 4.79 Å². The lowest BCUT2D eigenvalue weighted by atomic mass is 10.2. The van der Waals surface area contributed by atoms with E-state index in [2.05, 4.69) is 10.1 Å². The maximum absolute atomic E-state index is 12.3. The van der Waals surface area contributed by atoms with Gasteiger partial charge < -0.3 is 14.8 Å². The molecule has 0 radical (unpaired) electrons. The quantitative estimate of drug-likeness (QED) is 0.850. The molecule has 0 saturated heterocycles. The van der Waals surface area contributed by atoms with Gasteiger partial charge in [-0.2, -0.15) is 8.78 Å². The van der Waals surface area contributed by atoms with Gasteiger partial charge in [-0.05, 0) is 25.1 Å². The second kappa shape index (κ2) is 8.12. The Labute approximate surface area is 133 Å². The number of alkyl halides is 2. The first-order chi connectivity index (χ1) is 11.1. The second-order valence-electron chi connectivity index (χ2n) is 4.78. The smallest absolute Gasteiger partial charge is 0.387 e. The standard InChI is InChI=1S/C17H17F2NO3/c1-12(22-14-8-3-2-4-9-14)16(21)20-11-13-7-5-6-10-15(13)23-17(18)19/h2-10,12,17H,11H2,1H3,(H,20,21)/t12-/m0/s1. The van der Waals surface area contributed by atoms with Crippen LogP contribution in [0.5, 0.6) is 11.5 Å². The van der Waals surface area contributed by atoms with E-state index in [9.17, 15) is 13.6 Å². The SMILES string of the molecule is C[C@H](Oc1ccccc1)C(=O)NCc1ccccc1OC(F)F. The summed E-state index contributed by atoms with van der Waals surface area (Å²) in [6.07, 6.45) is -0.708. The Morgan fingerprint density at radius 3 is 2.39 bits per heavy atom. The van der Waals surface area contributed by atoms with Crippen LogP contribution in [0, 0.1) is 0 Å². The summed E-state index contributed by atoms with van der Waals surface area (Å²) in [5.74, 6) is 0.275. The molecule has 6 heteroatoms. The van der Waals surface area contributed by atoms with E-state index < -0.39 is 12.7 Å². The molecular weight excluding hydrogens is 304 g/mol. The van der Waals surface area contributed by atoms with E-state index in [1.54, 1.807) is 49.4 Å². The monoisotopic (exact) mass is 321 g/mol. The first-order valence-electron chi connectivity index (χ1n) is 7.08. The Hall–Kier alpha value is -2.63. The van der Waals surface area contributed by atoms with Gasteiger partial charge in [-0.1, -0.05) is 36.4 Å². The van der Waals surface area contributed by atoms with Gasteiger partial charge in [0.2, 0.25) is 0 Å². The zero-order valence-corrected chi connectivity index (χ0v) is 12.5. The molecule has 0 aliphatic carbocycles. The summed E-state index contributed by atoms with van der Waals surface area (Å²) < 4.78 is 34.6. The van der Waals surface area contributed by atoms with Crippen molar-refractivity contribution < 1.29 is 23.0 Å². The largest absolute Gasteiger partial charge is 0.481 e. The maximum Gasteiger partial charge on any atom is 0.387 e. The Morgan fingerprint density at radius 1 is 1.04 bits per heavy atom. The van der Waals surface area contributed by atoms with Gasteiger partial charge in [0.15, 0.2) is 6.10 Å². The first kappa shape index (κ1) is 16.7. The molecule has 2 aromatic carbocycles. The molecule has 1 N–H and O–H groups in total. The number of hydrogen-bond acceptors (Lipinski definition) is 3. The third kappa shape index (κ3) is 5.25. The van der Waals surface area contributed by atoms with Crippen molar-refractivity contribution in [1.29, 1.82) is 0 Å². The third-order valence-electron chi connectivity index (χ3n) is 3.07. The number of nitrogens with one attached hydrogen (secondary N) is 1. The van der Waals surface area contributed by atoms with Gasteiger partial charge in [0.1, 0.15) is 11.5 Å². The topological polar surface area (TPSA) is 47.6 Å². The normalized spacial score (nSPS) is 11.8. The number of halogens is 2. The Morgan fingerprint density at radius 2 is 1.70 bits per heavy atom. The molecule has 2 rings (SSSR count). The molecule has 2 aromatic rings. The first-order valence-corrected chi connectivity index (χ1v) is 7.08. The molecule has 0 spiro atoms. The number of carbonyl (C=O) groups is 1. The predicted molar refractivity (Wildman–Crippen MR) is 81.5 cm³/mol. The zero-order chi connectivity index (χ0) is 16.7. The molecule has 0 aromatic heterocycles. The molecule has 23 heavy (non-hydrogen) atoms. The van der Waals surface area contributed by atoms with E-state index in [0.29, 0.717) is 11.3 Å². The summed E-state index contributed by atoms with van der Waals surface area (Å²) in [6.45, 7) is -1.22. The number of ether oxygens (including phenoxy) is 2. The lowest BCUT2D eigenvalue weighted by Gasteiger charge is -2.16. The highest BCUT2D eigenvalue weighted by atomic mass is 19.3. The van der Waals surface area contributed by atoms with E-state index >= 15 is 0 Å². The van der Waals surface area contributed by atoms with E-state index in [1.165, 1.54) is 6.07 Å². The zero-order valence-electron chi connectivity index (χ0n) is 12.5. The lowest BCUT2D eigenvalue weighted by Crippen LogP contribution is -2.36. The summed E-state index contributed by atoms with van der Waals surface area (Å²) in [6, 6.07) is 15.3. The predicted octanol–water partition coefficient (Wildman–Crippen LogP) is 3.37. The Kier molecular flexibility index (Phi) is 5.91. The second-order valence-corrected chi connectivity index (χ2v) is 4.78. The van der Waals surface area contributed by atoms with Crippen LogP contribution in [-0.4, -0.2) is 18.6 Å². The van der Waals surface area contributed by atoms with Crippen molar-refractivity contribution in [1.82, 2.24) is 5.32 Å². The van der Waals surface area contributed by atoms with Crippen LogP contribution < -0.4 is 14.8 Å². The van der Waals surface area contributed by atoms with Crippen molar-refractivity contribution in [2.45, 2.75) is 26.2 Å². The molecule has 0 aliphatic heterocycles. The highest BCUT2D eigenvalue weighted by Crippen LogP contribution is 2.20. The minimum atomic E-state index is -2.91. The minimum absolute atomic E-state index is 0.0411. The van der Waals surface area contributed by atoms with Gasteiger partial charge in [0.05, 0.1) is 0 Å². The van der Waals surface area contributed by atoms with Crippen LogP contribution in [0.2, 0.25) is 0 Å². The van der Waals surface area contributed by atoms with Gasteiger partial charge in [0.25, 0.3) is 5.91 Å². The third-order valence-corrected chi connectivity index (χ3v) is 3.07. The maximum atomic E-state index is 12.3. The number of rotatable bonds is 7. The molecule has 1 amide bonds. The van der Waals surface area contributed by atoms with Crippen LogP contribution in [0.15, 0.2) is 54.6 Å². The number of para-hydroxylation sites is 2. The fourth-order valence-corrected chi connectivity index (χ4v) is 1.94.